The number of hydrogen-bond donors (Lipinski definition) is 5. The molecule has 0 amide bonds. The van der Waals surface area contributed by atoms with E-state index in [0.29, 0.717) is 11.3 Å². The van der Waals surface area contributed by atoms with Crippen molar-refractivity contribution in [2.45, 2.75) is 6.92 Å². The topological polar surface area (TPSA) is 243 Å². The van der Waals surface area contributed by atoms with Crippen molar-refractivity contribution >= 4 is 25.2 Å². The zero-order chi connectivity index (χ0) is 27.3. The van der Waals surface area contributed by atoms with E-state index in [-0.39, 0.29) is 35.2 Å². The normalized spacial score (nSPS) is 10.7. The number of esters is 1. The first-order valence-corrected chi connectivity index (χ1v) is 11.7. The predicted molar refractivity (Wildman–Crippen MR) is 130 cm³/mol. The van der Waals surface area contributed by atoms with Crippen LogP contribution in [0.3, 0.4) is 0 Å². The average molecular weight is 547 g/mol. The number of carbonyl (C=O) groups is 2. The summed E-state index contributed by atoms with van der Waals surface area (Å²) < 4.78 is 30.8. The van der Waals surface area contributed by atoms with Crippen LogP contribution in [0.1, 0.15) is 22.8 Å². The smallest absolute Gasteiger partial charge is 0.342 e. The van der Waals surface area contributed by atoms with Crippen molar-refractivity contribution < 1.29 is 52.8 Å². The molecule has 0 aliphatic carbocycles. The van der Waals surface area contributed by atoms with Crippen LogP contribution in [0.5, 0.6) is 23.5 Å². The highest BCUT2D eigenvalue weighted by molar-refractivity contribution is 7.51. The van der Waals surface area contributed by atoms with E-state index in [1.165, 1.54) is 34.5 Å². The number of carboxylic acids is 1. The first-order valence-electron chi connectivity index (χ1n) is 9.87. The Kier molecular flexibility index (Phi) is 14.4. The molecule has 16 nitrogen and oxygen atoms in total. The van der Waals surface area contributed by atoms with Gasteiger partial charge < -0.3 is 44.8 Å². The second-order valence-corrected chi connectivity index (χ2v) is 8.16. The Labute approximate surface area is 212 Å². The number of rotatable bonds is 11. The molecule has 0 fully saturated rings. The van der Waals surface area contributed by atoms with Crippen molar-refractivity contribution in [3.8, 4) is 23.5 Å². The molecule has 1 aromatic carbocycles. The van der Waals surface area contributed by atoms with E-state index >= 15 is 0 Å². The number of oxime groups is 1. The van der Waals surface area contributed by atoms with Crippen LogP contribution in [0.25, 0.3) is 0 Å². The number of nitrogens with one attached hydrogen (secondary N) is 1. The lowest BCUT2D eigenvalue weighted by atomic mass is 10.0. The maximum absolute atomic E-state index is 12.3. The monoisotopic (exact) mass is 547 g/mol. The summed E-state index contributed by atoms with van der Waals surface area (Å²) >= 11 is 0. The Morgan fingerprint density at radius 1 is 1.08 bits per heavy atom. The molecule has 17 heteroatoms. The Balaban J connectivity index is 0.00000100. The van der Waals surface area contributed by atoms with E-state index in [0.717, 1.165) is 0 Å². The number of carbonyl (C=O) groups excluding carboxylic acids is 1. The standard InChI is InChI=1S/C17H19N3O6.C3H8NO5P.H3N/c1-10(20-25-5)11-7-6-8-12(15(11)16(21)24-4)26-17-18-13(22-2)9-14(19-17)23-3;5-3(6)1-4-2-10(7,8)9;/h6-9H,1-5H3;4H,1-2H2,(H,5,6)(H2,7,8,9);1H3. The fourth-order valence-corrected chi connectivity index (χ4v) is 2.86. The van der Waals surface area contributed by atoms with Gasteiger partial charge in [-0.2, -0.15) is 9.97 Å². The molecule has 0 aliphatic rings. The molecule has 2 aromatic rings. The van der Waals surface area contributed by atoms with Crippen molar-refractivity contribution in [3.05, 3.63) is 35.4 Å². The Morgan fingerprint density at radius 2 is 1.68 bits per heavy atom. The molecule has 0 aliphatic heterocycles. The number of methoxy groups -OCH3 is 3. The summed E-state index contributed by atoms with van der Waals surface area (Å²) in [5, 5.41) is 13.9. The van der Waals surface area contributed by atoms with Gasteiger partial charge in [-0.05, 0) is 13.0 Å². The molecule has 0 atom stereocenters. The van der Waals surface area contributed by atoms with Gasteiger partial charge >= 0.3 is 25.5 Å². The molecule has 0 unspecified atom stereocenters. The fraction of sp³-hybridized carbons (Fsp3) is 0.350. The van der Waals surface area contributed by atoms with Gasteiger partial charge in [0.1, 0.15) is 18.4 Å². The van der Waals surface area contributed by atoms with Gasteiger partial charge in [-0.15, -0.1) is 0 Å². The lowest BCUT2D eigenvalue weighted by molar-refractivity contribution is -0.135. The first kappa shape index (κ1) is 33.2. The van der Waals surface area contributed by atoms with Gasteiger partial charge in [-0.25, -0.2) is 4.79 Å². The molecule has 206 valence electrons. The lowest BCUT2D eigenvalue weighted by Crippen LogP contribution is -2.23. The van der Waals surface area contributed by atoms with Crippen LogP contribution in [0, 0.1) is 0 Å². The number of hydrogen-bond acceptors (Lipinski definition) is 13. The number of nitrogens with zero attached hydrogens (tertiary/aromatic N) is 3. The van der Waals surface area contributed by atoms with E-state index < -0.39 is 32.4 Å². The van der Waals surface area contributed by atoms with Crippen LogP contribution >= 0.6 is 7.60 Å². The van der Waals surface area contributed by atoms with Crippen molar-refractivity contribution in [2.75, 3.05) is 41.3 Å². The second kappa shape index (κ2) is 16.0. The summed E-state index contributed by atoms with van der Waals surface area (Å²) in [5.74, 6) is -1.06. The minimum Gasteiger partial charge on any atom is -0.481 e. The predicted octanol–water partition coefficient (Wildman–Crippen LogP) is 1.40. The number of aromatic nitrogens is 2. The van der Waals surface area contributed by atoms with Crippen LogP contribution in [0.4, 0.5) is 0 Å². The SMILES string of the molecule is CON=C(C)c1cccc(Oc2nc(OC)cc(OC)n2)c1C(=O)OC.N.O=C(O)CNCP(=O)(O)O. The Morgan fingerprint density at radius 3 is 2.14 bits per heavy atom. The molecular weight excluding hydrogens is 517 g/mol. The highest BCUT2D eigenvalue weighted by Crippen LogP contribution is 2.32. The van der Waals surface area contributed by atoms with E-state index in [1.807, 2.05) is 0 Å². The van der Waals surface area contributed by atoms with E-state index in [2.05, 4.69) is 20.4 Å². The van der Waals surface area contributed by atoms with Gasteiger partial charge in [0.15, 0.2) is 0 Å². The second-order valence-electron chi connectivity index (χ2n) is 6.51. The number of ether oxygens (including phenoxy) is 4. The van der Waals surface area contributed by atoms with Gasteiger partial charge in [0.2, 0.25) is 11.8 Å². The molecule has 0 radical (unpaired) electrons. The lowest BCUT2D eigenvalue weighted by Gasteiger charge is -2.13. The Hall–Kier alpha value is -3.82. The highest BCUT2D eigenvalue weighted by Gasteiger charge is 2.22. The maximum Gasteiger partial charge on any atom is 0.342 e. The molecule has 0 bridgehead atoms. The zero-order valence-corrected chi connectivity index (χ0v) is 21.7. The zero-order valence-electron chi connectivity index (χ0n) is 20.8. The largest absolute Gasteiger partial charge is 0.481 e. The van der Waals surface area contributed by atoms with Crippen molar-refractivity contribution in [1.82, 2.24) is 21.4 Å². The summed E-state index contributed by atoms with van der Waals surface area (Å²) in [4.78, 5) is 51.4. The van der Waals surface area contributed by atoms with Crippen LogP contribution in [-0.2, 0) is 18.9 Å². The summed E-state index contributed by atoms with van der Waals surface area (Å²) in [6.07, 6.45) is -0.598. The minimum atomic E-state index is -4.10. The third kappa shape index (κ3) is 11.6. The number of aliphatic carboxylic acids is 1. The summed E-state index contributed by atoms with van der Waals surface area (Å²) in [7, 11) is 1.50. The average Bonchev–Trinajstić information content (AvgIpc) is 2.82. The third-order valence-corrected chi connectivity index (χ3v) is 4.54. The molecule has 1 heterocycles. The molecule has 37 heavy (non-hydrogen) atoms. The van der Waals surface area contributed by atoms with Crippen molar-refractivity contribution in [3.63, 3.8) is 0 Å². The van der Waals surface area contributed by atoms with E-state index in [9.17, 15) is 14.2 Å². The third-order valence-electron chi connectivity index (χ3n) is 3.91. The van der Waals surface area contributed by atoms with Crippen molar-refractivity contribution in [2.24, 2.45) is 5.16 Å². The maximum atomic E-state index is 12.3. The number of carboxylic acid groups (broad SMARTS) is 1. The Bertz CT molecular complexity index is 1100. The minimum absolute atomic E-state index is 0. The molecular formula is C20H30N5O11P. The molecule has 0 saturated heterocycles. The summed E-state index contributed by atoms with van der Waals surface area (Å²) in [6.45, 7) is 1.26. The summed E-state index contributed by atoms with van der Waals surface area (Å²) in [6, 6.07) is 6.43. The van der Waals surface area contributed by atoms with Gasteiger partial charge in [0, 0.05) is 5.56 Å². The summed E-state index contributed by atoms with van der Waals surface area (Å²) in [5.41, 5.74) is 1.13. The van der Waals surface area contributed by atoms with Crippen LogP contribution in [0.15, 0.2) is 29.4 Å². The van der Waals surface area contributed by atoms with Crippen LogP contribution in [0.2, 0.25) is 0 Å². The van der Waals surface area contributed by atoms with Gasteiger partial charge in [0.05, 0.1) is 45.9 Å². The molecule has 2 rings (SSSR count). The van der Waals surface area contributed by atoms with Gasteiger partial charge in [-0.1, -0.05) is 17.3 Å². The van der Waals surface area contributed by atoms with E-state index in [1.54, 1.807) is 25.1 Å². The van der Waals surface area contributed by atoms with Gasteiger partial charge in [0.25, 0.3) is 0 Å². The quantitative estimate of drug-likeness (QED) is 0.115. The van der Waals surface area contributed by atoms with Crippen molar-refractivity contribution in [1.29, 1.82) is 0 Å². The highest BCUT2D eigenvalue weighted by atomic mass is 31.2. The molecule has 7 N–H and O–H groups in total. The van der Waals surface area contributed by atoms with Crippen LogP contribution < -0.4 is 25.7 Å². The van der Waals surface area contributed by atoms with Crippen LogP contribution in [-0.4, -0.2) is 83.8 Å². The molecule has 0 saturated carbocycles. The number of benzene rings is 1. The molecule has 0 spiro atoms. The first-order chi connectivity index (χ1) is 16.9. The molecule has 1 aromatic heterocycles. The van der Waals surface area contributed by atoms with Gasteiger partial charge in [-0.3, -0.25) is 14.7 Å². The van der Waals surface area contributed by atoms with E-state index in [4.69, 9.17) is 38.7 Å². The fourth-order valence-electron chi connectivity index (χ4n) is 2.46.